The third kappa shape index (κ3) is 3.39. The molecule has 20 heavy (non-hydrogen) atoms. The van der Waals surface area contributed by atoms with Crippen LogP contribution >= 0.6 is 0 Å². The van der Waals surface area contributed by atoms with Crippen molar-refractivity contribution in [2.45, 2.75) is 52.0 Å². The molecule has 2 rings (SSSR count). The minimum Gasteiger partial charge on any atom is -0.361 e. The molecule has 1 amide bonds. The van der Waals surface area contributed by atoms with Crippen molar-refractivity contribution in [2.75, 3.05) is 20.1 Å². The Morgan fingerprint density at radius 3 is 2.90 bits per heavy atom. The fraction of sp³-hybridized carbons (Fsp3) is 0.733. The Labute approximate surface area is 120 Å². The maximum absolute atomic E-state index is 12.6. The van der Waals surface area contributed by atoms with Crippen molar-refractivity contribution in [1.29, 1.82) is 0 Å². The van der Waals surface area contributed by atoms with Crippen LogP contribution in [-0.2, 0) is 11.2 Å². The molecule has 5 heteroatoms. The Kier molecular flexibility index (Phi) is 5.17. The second-order valence-corrected chi connectivity index (χ2v) is 5.61. The van der Waals surface area contributed by atoms with Crippen molar-refractivity contribution in [3.63, 3.8) is 0 Å². The molecule has 0 spiro atoms. The molecule has 0 bridgehead atoms. The van der Waals surface area contributed by atoms with E-state index >= 15 is 0 Å². The smallest absolute Gasteiger partial charge is 0.227 e. The summed E-state index contributed by atoms with van der Waals surface area (Å²) in [5.74, 6) is 0.972. The number of rotatable bonds is 5. The fourth-order valence-electron chi connectivity index (χ4n) is 2.95. The lowest BCUT2D eigenvalue weighted by molar-refractivity contribution is -0.134. The Morgan fingerprint density at radius 1 is 1.45 bits per heavy atom. The summed E-state index contributed by atoms with van der Waals surface area (Å²) >= 11 is 0. The summed E-state index contributed by atoms with van der Waals surface area (Å²) in [6.07, 6.45) is 4.91. The van der Waals surface area contributed by atoms with Gasteiger partial charge in [-0.2, -0.15) is 0 Å². The van der Waals surface area contributed by atoms with Crippen LogP contribution in [0.1, 0.15) is 42.7 Å². The molecule has 1 unspecified atom stereocenters. The number of nitrogens with zero attached hydrogens (tertiary/aromatic N) is 2. The maximum atomic E-state index is 12.6. The number of hydrogen-bond acceptors (Lipinski definition) is 4. The minimum atomic E-state index is 0.209. The van der Waals surface area contributed by atoms with E-state index in [0.717, 1.165) is 49.4 Å². The highest BCUT2D eigenvalue weighted by atomic mass is 16.5. The number of aromatic nitrogens is 1. The molecule has 1 aliphatic heterocycles. The van der Waals surface area contributed by atoms with Gasteiger partial charge in [0.05, 0.1) is 12.1 Å². The second kappa shape index (κ2) is 6.88. The van der Waals surface area contributed by atoms with Gasteiger partial charge in [-0.1, -0.05) is 5.16 Å². The van der Waals surface area contributed by atoms with Crippen LogP contribution in [0.15, 0.2) is 4.52 Å². The van der Waals surface area contributed by atoms with Gasteiger partial charge in [-0.15, -0.1) is 0 Å². The van der Waals surface area contributed by atoms with E-state index < -0.39 is 0 Å². The molecule has 1 aliphatic rings. The molecule has 1 fully saturated rings. The second-order valence-electron chi connectivity index (χ2n) is 5.61. The molecule has 1 aromatic heterocycles. The molecular weight excluding hydrogens is 254 g/mol. The van der Waals surface area contributed by atoms with Crippen LogP contribution in [0.3, 0.4) is 0 Å². The fourth-order valence-corrected chi connectivity index (χ4v) is 2.95. The molecule has 112 valence electrons. The van der Waals surface area contributed by atoms with Gasteiger partial charge in [0.1, 0.15) is 5.76 Å². The van der Waals surface area contributed by atoms with E-state index in [2.05, 4.69) is 15.4 Å². The first-order chi connectivity index (χ1) is 9.63. The number of nitrogens with one attached hydrogen (secondary N) is 1. The summed E-state index contributed by atoms with van der Waals surface area (Å²) in [4.78, 5) is 14.6. The first kappa shape index (κ1) is 15.0. The van der Waals surface area contributed by atoms with Crippen molar-refractivity contribution in [3.05, 3.63) is 17.0 Å². The van der Waals surface area contributed by atoms with Crippen LogP contribution in [-0.4, -0.2) is 42.1 Å². The van der Waals surface area contributed by atoms with Crippen molar-refractivity contribution < 1.29 is 9.32 Å². The van der Waals surface area contributed by atoms with Crippen molar-refractivity contribution in [2.24, 2.45) is 0 Å². The summed E-state index contributed by atoms with van der Waals surface area (Å²) in [5.41, 5.74) is 1.78. The molecule has 5 nitrogen and oxygen atoms in total. The summed E-state index contributed by atoms with van der Waals surface area (Å²) < 4.78 is 5.14. The van der Waals surface area contributed by atoms with Gasteiger partial charge in [0.15, 0.2) is 0 Å². The van der Waals surface area contributed by atoms with Crippen LogP contribution in [0.2, 0.25) is 0 Å². The highest BCUT2D eigenvalue weighted by Crippen LogP contribution is 2.22. The molecule has 1 N–H and O–H groups in total. The van der Waals surface area contributed by atoms with E-state index in [1.165, 1.54) is 6.42 Å². The summed E-state index contributed by atoms with van der Waals surface area (Å²) in [7, 11) is 1.96. The average molecular weight is 279 g/mol. The van der Waals surface area contributed by atoms with E-state index in [1.54, 1.807) is 0 Å². The van der Waals surface area contributed by atoms with Gasteiger partial charge in [-0.05, 0) is 53.1 Å². The third-order valence-corrected chi connectivity index (χ3v) is 4.18. The zero-order chi connectivity index (χ0) is 14.5. The molecule has 0 radical (unpaired) electrons. The molecule has 0 aromatic carbocycles. The van der Waals surface area contributed by atoms with Crippen LogP contribution < -0.4 is 5.32 Å². The predicted molar refractivity (Wildman–Crippen MR) is 77.6 cm³/mol. The largest absolute Gasteiger partial charge is 0.361 e. The zero-order valence-electron chi connectivity index (χ0n) is 12.7. The Hall–Kier alpha value is -1.36. The molecule has 1 saturated heterocycles. The minimum absolute atomic E-state index is 0.209. The molecule has 0 aliphatic carbocycles. The Balaban J connectivity index is 2.02. The quantitative estimate of drug-likeness (QED) is 0.893. The number of piperidine rings is 1. The number of carbonyl (C=O) groups excluding carboxylic acids is 1. The Morgan fingerprint density at radius 2 is 2.25 bits per heavy atom. The number of hydrogen-bond donors (Lipinski definition) is 1. The molecule has 0 saturated carbocycles. The summed E-state index contributed by atoms with van der Waals surface area (Å²) in [5, 5.41) is 7.10. The molecule has 1 atom stereocenters. The van der Waals surface area contributed by atoms with Gasteiger partial charge in [-0.3, -0.25) is 4.79 Å². The first-order valence-electron chi connectivity index (χ1n) is 7.49. The number of aryl methyl sites for hydroxylation is 2. The van der Waals surface area contributed by atoms with Crippen molar-refractivity contribution >= 4 is 5.91 Å². The van der Waals surface area contributed by atoms with E-state index in [0.29, 0.717) is 12.5 Å². The summed E-state index contributed by atoms with van der Waals surface area (Å²) in [6, 6.07) is 0.379. The lowest BCUT2D eigenvalue weighted by Gasteiger charge is -2.36. The van der Waals surface area contributed by atoms with Crippen molar-refractivity contribution in [3.8, 4) is 0 Å². The van der Waals surface area contributed by atoms with E-state index in [4.69, 9.17) is 4.52 Å². The standard InChI is InChI=1S/C15H25N3O2/c1-11-14(12(2)20-17-11)10-15(19)18-9-5-4-6-13(18)7-8-16-3/h13,16H,4-10H2,1-3H3. The van der Waals surface area contributed by atoms with Crippen LogP contribution in [0.25, 0.3) is 0 Å². The normalized spacial score (nSPS) is 19.4. The molecule has 1 aromatic rings. The Bertz CT molecular complexity index is 436. The van der Waals surface area contributed by atoms with Gasteiger partial charge in [0.2, 0.25) is 5.91 Å². The van der Waals surface area contributed by atoms with Crippen molar-refractivity contribution in [1.82, 2.24) is 15.4 Å². The first-order valence-corrected chi connectivity index (χ1v) is 7.49. The molecular formula is C15H25N3O2. The molecule has 2 heterocycles. The number of carbonyl (C=O) groups is 1. The maximum Gasteiger partial charge on any atom is 0.227 e. The topological polar surface area (TPSA) is 58.4 Å². The van der Waals surface area contributed by atoms with Crippen LogP contribution in [0.4, 0.5) is 0 Å². The number of likely N-dealkylation sites (tertiary alicyclic amines) is 1. The predicted octanol–water partition coefficient (Wildman–Crippen LogP) is 1.82. The number of amides is 1. The van der Waals surface area contributed by atoms with Crippen LogP contribution in [0.5, 0.6) is 0 Å². The van der Waals surface area contributed by atoms with E-state index in [1.807, 2.05) is 20.9 Å². The van der Waals surface area contributed by atoms with Gasteiger partial charge >= 0.3 is 0 Å². The average Bonchev–Trinajstić information content (AvgIpc) is 2.77. The highest BCUT2D eigenvalue weighted by Gasteiger charge is 2.27. The van der Waals surface area contributed by atoms with Crippen LogP contribution in [0, 0.1) is 13.8 Å². The highest BCUT2D eigenvalue weighted by molar-refractivity contribution is 5.79. The third-order valence-electron chi connectivity index (χ3n) is 4.18. The van der Waals surface area contributed by atoms with Gasteiger partial charge in [0.25, 0.3) is 0 Å². The van der Waals surface area contributed by atoms with Gasteiger partial charge in [0, 0.05) is 18.2 Å². The zero-order valence-corrected chi connectivity index (χ0v) is 12.7. The summed E-state index contributed by atoms with van der Waals surface area (Å²) in [6.45, 7) is 5.61. The lowest BCUT2D eigenvalue weighted by Crippen LogP contribution is -2.45. The van der Waals surface area contributed by atoms with Gasteiger partial charge in [-0.25, -0.2) is 0 Å². The SMILES string of the molecule is CNCCC1CCCCN1C(=O)Cc1c(C)noc1C. The lowest BCUT2D eigenvalue weighted by atomic mass is 9.98. The monoisotopic (exact) mass is 279 g/mol. The van der Waals surface area contributed by atoms with E-state index in [-0.39, 0.29) is 5.91 Å². The van der Waals surface area contributed by atoms with Gasteiger partial charge < -0.3 is 14.7 Å². The van der Waals surface area contributed by atoms with E-state index in [9.17, 15) is 4.79 Å².